The second-order valence-corrected chi connectivity index (χ2v) is 2.68. The summed E-state index contributed by atoms with van der Waals surface area (Å²) in [6.45, 7) is 10.1. The lowest BCUT2D eigenvalue weighted by Crippen LogP contribution is -2.09. The Kier molecular flexibility index (Phi) is 4.91. The lowest BCUT2D eigenvalue weighted by atomic mass is 10.2. The topological polar surface area (TPSA) is 55.1 Å². The largest absolute Gasteiger partial charge is 0.477 e. The highest BCUT2D eigenvalue weighted by atomic mass is 16.4. The zero-order valence-electron chi connectivity index (χ0n) is 9.46. The molecule has 0 spiro atoms. The van der Waals surface area contributed by atoms with Gasteiger partial charge < -0.3 is 5.11 Å². The van der Waals surface area contributed by atoms with Gasteiger partial charge in [0.05, 0.1) is 5.69 Å². The van der Waals surface area contributed by atoms with Crippen molar-refractivity contribution in [3.05, 3.63) is 17.0 Å². The Balaban J connectivity index is 0.000000791. The molecule has 1 rings (SSSR count). The normalized spacial score (nSPS) is 9.21. The molecule has 14 heavy (non-hydrogen) atoms. The first-order chi connectivity index (χ1) is 6.57. The number of carboxylic acids is 1. The molecule has 0 saturated carbocycles. The van der Waals surface area contributed by atoms with E-state index in [1.165, 1.54) is 4.68 Å². The van der Waals surface area contributed by atoms with Crippen LogP contribution in [0.5, 0.6) is 0 Å². The van der Waals surface area contributed by atoms with Crippen molar-refractivity contribution in [1.29, 1.82) is 0 Å². The molecule has 1 N–H and O–H groups in total. The lowest BCUT2D eigenvalue weighted by molar-refractivity contribution is 0.0682. The number of carboxylic acid groups (broad SMARTS) is 1. The third kappa shape index (κ3) is 2.34. The molecule has 1 aromatic heterocycles. The third-order valence-electron chi connectivity index (χ3n) is 1.93. The van der Waals surface area contributed by atoms with E-state index in [9.17, 15) is 4.79 Å². The molecule has 0 aliphatic heterocycles. The maximum Gasteiger partial charge on any atom is 0.354 e. The van der Waals surface area contributed by atoms with E-state index in [-0.39, 0.29) is 0 Å². The first-order valence-electron chi connectivity index (χ1n) is 4.85. The summed E-state index contributed by atoms with van der Waals surface area (Å²) in [5.74, 6) is -0.907. The van der Waals surface area contributed by atoms with Gasteiger partial charge in [-0.2, -0.15) is 5.10 Å². The van der Waals surface area contributed by atoms with E-state index in [4.69, 9.17) is 5.11 Å². The number of aromatic carboxylic acids is 1. The molecular formula is C10H18N2O2. The molecule has 4 nitrogen and oxygen atoms in total. The van der Waals surface area contributed by atoms with Crippen LogP contribution in [0.2, 0.25) is 0 Å². The van der Waals surface area contributed by atoms with Crippen molar-refractivity contribution in [3.8, 4) is 0 Å². The smallest absolute Gasteiger partial charge is 0.354 e. The Hall–Kier alpha value is -1.32. The third-order valence-corrected chi connectivity index (χ3v) is 1.93. The Morgan fingerprint density at radius 1 is 1.43 bits per heavy atom. The number of aryl methyl sites for hydroxylation is 2. The van der Waals surface area contributed by atoms with E-state index in [0.29, 0.717) is 12.2 Å². The van der Waals surface area contributed by atoms with Crippen molar-refractivity contribution < 1.29 is 9.90 Å². The van der Waals surface area contributed by atoms with E-state index in [1.54, 1.807) is 6.92 Å². The van der Waals surface area contributed by atoms with Crippen LogP contribution in [0.25, 0.3) is 0 Å². The Bertz CT molecular complexity index is 316. The minimum absolute atomic E-state index is 0.301. The van der Waals surface area contributed by atoms with Crippen molar-refractivity contribution in [2.45, 2.75) is 41.2 Å². The first kappa shape index (κ1) is 12.7. The van der Waals surface area contributed by atoms with Crippen LogP contribution < -0.4 is 0 Å². The fraction of sp³-hybridized carbons (Fsp3) is 0.600. The van der Waals surface area contributed by atoms with Gasteiger partial charge in [-0.15, -0.1) is 0 Å². The second kappa shape index (κ2) is 5.42. The Morgan fingerprint density at radius 2 is 1.93 bits per heavy atom. The fourth-order valence-electron chi connectivity index (χ4n) is 1.17. The van der Waals surface area contributed by atoms with Gasteiger partial charge in [0, 0.05) is 12.1 Å². The summed E-state index contributed by atoms with van der Waals surface area (Å²) in [4.78, 5) is 10.8. The van der Waals surface area contributed by atoms with Crippen LogP contribution in [-0.2, 0) is 6.54 Å². The van der Waals surface area contributed by atoms with E-state index < -0.39 is 5.97 Å². The molecule has 4 heteroatoms. The average Bonchev–Trinajstić information content (AvgIpc) is 2.46. The van der Waals surface area contributed by atoms with Crippen LogP contribution in [0.4, 0.5) is 0 Å². The molecule has 0 unspecified atom stereocenters. The molecule has 0 bridgehead atoms. The summed E-state index contributed by atoms with van der Waals surface area (Å²) in [7, 11) is 0. The molecule has 0 aromatic carbocycles. The highest BCUT2D eigenvalue weighted by molar-refractivity contribution is 5.87. The van der Waals surface area contributed by atoms with Crippen LogP contribution in [-0.4, -0.2) is 20.9 Å². The van der Waals surface area contributed by atoms with Gasteiger partial charge in [0.1, 0.15) is 5.69 Å². The van der Waals surface area contributed by atoms with Crippen LogP contribution in [0.1, 0.15) is 42.5 Å². The molecular weight excluding hydrogens is 180 g/mol. The van der Waals surface area contributed by atoms with Gasteiger partial charge in [0.15, 0.2) is 0 Å². The predicted octanol–water partition coefficient (Wildman–Crippen LogP) is 2.24. The van der Waals surface area contributed by atoms with E-state index in [1.807, 2.05) is 27.7 Å². The number of nitrogens with zero attached hydrogens (tertiary/aromatic N) is 2. The minimum atomic E-state index is -0.907. The Morgan fingerprint density at radius 3 is 2.21 bits per heavy atom. The predicted molar refractivity (Wildman–Crippen MR) is 55.7 cm³/mol. The number of hydrogen-bond acceptors (Lipinski definition) is 2. The van der Waals surface area contributed by atoms with Gasteiger partial charge in [-0.25, -0.2) is 4.79 Å². The summed E-state index contributed by atoms with van der Waals surface area (Å²) in [6, 6.07) is 0. The maximum atomic E-state index is 10.8. The van der Waals surface area contributed by atoms with Crippen LogP contribution in [0.15, 0.2) is 0 Å². The monoisotopic (exact) mass is 198 g/mol. The van der Waals surface area contributed by atoms with Crippen molar-refractivity contribution >= 4 is 5.97 Å². The van der Waals surface area contributed by atoms with Crippen molar-refractivity contribution in [2.24, 2.45) is 0 Å². The fourth-order valence-corrected chi connectivity index (χ4v) is 1.17. The number of rotatable bonds is 2. The molecule has 1 aromatic rings. The van der Waals surface area contributed by atoms with E-state index in [0.717, 1.165) is 11.3 Å². The SMILES string of the molecule is CC.CCn1nc(C)c(C)c1C(=O)O. The zero-order chi connectivity index (χ0) is 11.3. The molecule has 0 fully saturated rings. The summed E-state index contributed by atoms with van der Waals surface area (Å²) in [5, 5.41) is 12.9. The average molecular weight is 198 g/mol. The molecule has 80 valence electrons. The standard InChI is InChI=1S/C8H12N2O2.C2H6/c1-4-10-7(8(11)12)5(2)6(3)9-10;1-2/h4H2,1-3H3,(H,11,12);1-2H3. The molecule has 1 heterocycles. The molecule has 0 amide bonds. The minimum Gasteiger partial charge on any atom is -0.477 e. The molecule has 0 saturated heterocycles. The molecule has 0 radical (unpaired) electrons. The van der Waals surface area contributed by atoms with E-state index in [2.05, 4.69) is 5.10 Å². The van der Waals surface area contributed by atoms with Crippen LogP contribution in [0.3, 0.4) is 0 Å². The number of hydrogen-bond donors (Lipinski definition) is 1. The van der Waals surface area contributed by atoms with E-state index >= 15 is 0 Å². The summed E-state index contributed by atoms with van der Waals surface area (Å²) in [5.41, 5.74) is 1.84. The molecule has 0 atom stereocenters. The van der Waals surface area contributed by atoms with Gasteiger partial charge in [-0.1, -0.05) is 13.8 Å². The Labute approximate surface area is 84.6 Å². The van der Waals surface area contributed by atoms with Crippen molar-refractivity contribution in [3.63, 3.8) is 0 Å². The second-order valence-electron chi connectivity index (χ2n) is 2.68. The highest BCUT2D eigenvalue weighted by Gasteiger charge is 2.16. The highest BCUT2D eigenvalue weighted by Crippen LogP contribution is 2.11. The van der Waals surface area contributed by atoms with Gasteiger partial charge >= 0.3 is 5.97 Å². The van der Waals surface area contributed by atoms with Crippen LogP contribution >= 0.6 is 0 Å². The molecule has 0 aliphatic rings. The van der Waals surface area contributed by atoms with Crippen molar-refractivity contribution in [2.75, 3.05) is 0 Å². The first-order valence-corrected chi connectivity index (χ1v) is 4.85. The lowest BCUT2D eigenvalue weighted by Gasteiger charge is -1.98. The van der Waals surface area contributed by atoms with Crippen LogP contribution in [0, 0.1) is 13.8 Å². The van der Waals surface area contributed by atoms with Gasteiger partial charge in [-0.05, 0) is 20.8 Å². The quantitative estimate of drug-likeness (QED) is 0.792. The maximum absolute atomic E-state index is 10.8. The number of aromatic nitrogens is 2. The zero-order valence-corrected chi connectivity index (χ0v) is 9.46. The van der Waals surface area contributed by atoms with Gasteiger partial charge in [0.25, 0.3) is 0 Å². The van der Waals surface area contributed by atoms with Crippen molar-refractivity contribution in [1.82, 2.24) is 9.78 Å². The summed E-state index contributed by atoms with van der Waals surface area (Å²) >= 11 is 0. The summed E-state index contributed by atoms with van der Waals surface area (Å²) in [6.07, 6.45) is 0. The summed E-state index contributed by atoms with van der Waals surface area (Å²) < 4.78 is 1.51. The number of carbonyl (C=O) groups is 1. The van der Waals surface area contributed by atoms with Gasteiger partial charge in [-0.3, -0.25) is 4.68 Å². The molecule has 0 aliphatic carbocycles. The van der Waals surface area contributed by atoms with Gasteiger partial charge in [0.2, 0.25) is 0 Å².